The van der Waals surface area contributed by atoms with Gasteiger partial charge in [0.1, 0.15) is 12.6 Å². The van der Waals surface area contributed by atoms with Crippen LogP contribution in [0.25, 0.3) is 11.1 Å². The summed E-state index contributed by atoms with van der Waals surface area (Å²) >= 11 is 0. The SMILES string of the molecule is COCCCC(NC(=O)OCC1c2ccccc2-c2ccccc21)C(=O)NC1(CC(=O)O)CC1. The number of carboxylic acids is 1. The highest BCUT2D eigenvalue weighted by atomic mass is 16.5. The van der Waals surface area contributed by atoms with E-state index in [1.54, 1.807) is 7.11 Å². The lowest BCUT2D eigenvalue weighted by molar-refractivity contribution is -0.138. The van der Waals surface area contributed by atoms with Crippen LogP contribution in [0.2, 0.25) is 0 Å². The second-order valence-electron chi connectivity index (χ2n) is 9.00. The molecule has 1 unspecified atom stereocenters. The van der Waals surface area contributed by atoms with Crippen molar-refractivity contribution in [1.29, 1.82) is 0 Å². The van der Waals surface area contributed by atoms with Gasteiger partial charge in [-0.25, -0.2) is 4.79 Å². The van der Waals surface area contributed by atoms with Gasteiger partial charge in [0.25, 0.3) is 0 Å². The summed E-state index contributed by atoms with van der Waals surface area (Å²) in [7, 11) is 1.57. The number of fused-ring (bicyclic) bond motifs is 3. The van der Waals surface area contributed by atoms with Crippen LogP contribution in [0.1, 0.15) is 49.1 Å². The molecule has 180 valence electrons. The van der Waals surface area contributed by atoms with Crippen LogP contribution in [0.5, 0.6) is 0 Å². The number of hydrogen-bond donors (Lipinski definition) is 3. The van der Waals surface area contributed by atoms with Gasteiger partial charge in [0, 0.05) is 19.6 Å². The molecule has 34 heavy (non-hydrogen) atoms. The van der Waals surface area contributed by atoms with Crippen LogP contribution >= 0.6 is 0 Å². The first kappa shape index (κ1) is 23.8. The smallest absolute Gasteiger partial charge is 0.407 e. The van der Waals surface area contributed by atoms with E-state index in [0.717, 1.165) is 22.3 Å². The fraction of sp³-hybridized carbons (Fsp3) is 0.423. The van der Waals surface area contributed by atoms with Crippen LogP contribution in [0.3, 0.4) is 0 Å². The molecule has 0 radical (unpaired) electrons. The van der Waals surface area contributed by atoms with Crippen molar-refractivity contribution in [3.05, 3.63) is 59.7 Å². The maximum atomic E-state index is 12.9. The normalized spacial score (nSPS) is 16.1. The number of ether oxygens (including phenoxy) is 2. The van der Waals surface area contributed by atoms with Gasteiger partial charge < -0.3 is 25.2 Å². The summed E-state index contributed by atoms with van der Waals surface area (Å²) in [6.07, 6.45) is 1.33. The standard InChI is InChI=1S/C26H30N2O6/c1-33-14-6-11-22(24(31)28-26(12-13-26)15-23(29)30)27-25(32)34-16-21-19-9-4-2-7-17(19)18-8-3-5-10-20(18)21/h2-5,7-10,21-22H,6,11-16H2,1H3,(H,27,32)(H,28,31)(H,29,30). The molecule has 0 aliphatic heterocycles. The molecule has 2 amide bonds. The monoisotopic (exact) mass is 466 g/mol. The van der Waals surface area contributed by atoms with E-state index in [9.17, 15) is 14.4 Å². The number of alkyl carbamates (subject to hydrolysis) is 1. The number of rotatable bonds is 11. The molecule has 2 aliphatic carbocycles. The zero-order valence-corrected chi connectivity index (χ0v) is 19.2. The van der Waals surface area contributed by atoms with Crippen molar-refractivity contribution in [1.82, 2.24) is 10.6 Å². The Morgan fingerprint density at radius 2 is 1.68 bits per heavy atom. The number of carbonyl (C=O) groups excluding carboxylic acids is 2. The summed E-state index contributed by atoms with van der Waals surface area (Å²) in [6.45, 7) is 0.589. The molecule has 0 saturated heterocycles. The van der Waals surface area contributed by atoms with Crippen molar-refractivity contribution in [3.8, 4) is 11.1 Å². The fourth-order valence-corrected chi connectivity index (χ4v) is 4.62. The Balaban J connectivity index is 1.39. The van der Waals surface area contributed by atoms with Crippen molar-refractivity contribution in [2.75, 3.05) is 20.3 Å². The summed E-state index contributed by atoms with van der Waals surface area (Å²) in [5.74, 6) is -1.44. The molecule has 1 atom stereocenters. The maximum Gasteiger partial charge on any atom is 0.407 e. The molecule has 1 saturated carbocycles. The van der Waals surface area contributed by atoms with Gasteiger partial charge in [-0.1, -0.05) is 48.5 Å². The molecular formula is C26H30N2O6. The minimum absolute atomic E-state index is 0.0794. The van der Waals surface area contributed by atoms with E-state index in [1.807, 2.05) is 36.4 Å². The minimum Gasteiger partial charge on any atom is -0.481 e. The van der Waals surface area contributed by atoms with Gasteiger partial charge in [-0.15, -0.1) is 0 Å². The summed E-state index contributed by atoms with van der Waals surface area (Å²) in [5, 5.41) is 14.6. The first-order chi connectivity index (χ1) is 16.4. The van der Waals surface area contributed by atoms with Crippen LogP contribution < -0.4 is 10.6 Å². The van der Waals surface area contributed by atoms with E-state index in [-0.39, 0.29) is 18.9 Å². The number of nitrogens with one attached hydrogen (secondary N) is 2. The van der Waals surface area contributed by atoms with Crippen molar-refractivity contribution in [3.63, 3.8) is 0 Å². The Labute approximate surface area is 198 Å². The molecule has 1 fully saturated rings. The predicted octanol–water partition coefficient (Wildman–Crippen LogP) is 3.44. The third-order valence-electron chi connectivity index (χ3n) is 6.53. The molecule has 2 aromatic carbocycles. The second kappa shape index (κ2) is 10.3. The molecular weight excluding hydrogens is 436 g/mol. The zero-order chi connectivity index (χ0) is 24.1. The quantitative estimate of drug-likeness (QED) is 0.437. The number of carbonyl (C=O) groups is 3. The fourth-order valence-electron chi connectivity index (χ4n) is 4.62. The number of benzene rings is 2. The lowest BCUT2D eigenvalue weighted by Crippen LogP contribution is -2.51. The van der Waals surface area contributed by atoms with E-state index in [0.29, 0.717) is 32.3 Å². The van der Waals surface area contributed by atoms with E-state index < -0.39 is 29.6 Å². The Kier molecular flexibility index (Phi) is 7.17. The number of amides is 2. The van der Waals surface area contributed by atoms with Gasteiger partial charge in [-0.2, -0.15) is 0 Å². The largest absolute Gasteiger partial charge is 0.481 e. The number of aliphatic carboxylic acids is 1. The van der Waals surface area contributed by atoms with Gasteiger partial charge in [-0.3, -0.25) is 9.59 Å². The third kappa shape index (κ3) is 5.39. The van der Waals surface area contributed by atoms with E-state index in [1.165, 1.54) is 0 Å². The molecule has 2 aliphatic rings. The van der Waals surface area contributed by atoms with Gasteiger partial charge >= 0.3 is 12.1 Å². The maximum absolute atomic E-state index is 12.9. The highest BCUT2D eigenvalue weighted by Gasteiger charge is 2.46. The molecule has 0 aromatic heterocycles. The highest BCUT2D eigenvalue weighted by Crippen LogP contribution is 2.44. The number of carboxylic acid groups (broad SMARTS) is 1. The average molecular weight is 467 g/mol. The first-order valence-electron chi connectivity index (χ1n) is 11.6. The minimum atomic E-state index is -0.960. The molecule has 0 spiro atoms. The van der Waals surface area contributed by atoms with Crippen LogP contribution in [0.15, 0.2) is 48.5 Å². The second-order valence-corrected chi connectivity index (χ2v) is 9.00. The number of methoxy groups -OCH3 is 1. The lowest BCUT2D eigenvalue weighted by atomic mass is 9.98. The van der Waals surface area contributed by atoms with E-state index in [2.05, 4.69) is 22.8 Å². The van der Waals surface area contributed by atoms with Crippen molar-refractivity contribution >= 4 is 18.0 Å². The first-order valence-corrected chi connectivity index (χ1v) is 11.6. The summed E-state index contributed by atoms with van der Waals surface area (Å²) < 4.78 is 10.7. The van der Waals surface area contributed by atoms with Gasteiger partial charge in [0.15, 0.2) is 0 Å². The Bertz CT molecular complexity index is 1020. The van der Waals surface area contributed by atoms with Crippen LogP contribution in [0.4, 0.5) is 4.79 Å². The molecule has 8 nitrogen and oxygen atoms in total. The zero-order valence-electron chi connectivity index (χ0n) is 19.2. The van der Waals surface area contributed by atoms with Gasteiger partial charge in [0.05, 0.1) is 12.0 Å². The van der Waals surface area contributed by atoms with Crippen LogP contribution in [-0.2, 0) is 19.1 Å². The van der Waals surface area contributed by atoms with Crippen molar-refractivity contribution < 1.29 is 29.0 Å². The molecule has 3 N–H and O–H groups in total. The number of hydrogen-bond acceptors (Lipinski definition) is 5. The summed E-state index contributed by atoms with van der Waals surface area (Å²) in [4.78, 5) is 36.7. The van der Waals surface area contributed by atoms with Crippen molar-refractivity contribution in [2.24, 2.45) is 0 Å². The predicted molar refractivity (Wildman–Crippen MR) is 125 cm³/mol. The Morgan fingerprint density at radius 3 is 2.24 bits per heavy atom. The van der Waals surface area contributed by atoms with Crippen LogP contribution in [0, 0.1) is 0 Å². The molecule has 2 aromatic rings. The lowest BCUT2D eigenvalue weighted by Gasteiger charge is -2.23. The molecule has 0 bridgehead atoms. The molecule has 8 heteroatoms. The Morgan fingerprint density at radius 1 is 1.06 bits per heavy atom. The van der Waals surface area contributed by atoms with Gasteiger partial charge in [-0.05, 0) is 47.9 Å². The molecule has 4 rings (SSSR count). The summed E-state index contributed by atoms with van der Waals surface area (Å²) in [6, 6.07) is 15.3. The van der Waals surface area contributed by atoms with E-state index in [4.69, 9.17) is 14.6 Å². The van der Waals surface area contributed by atoms with E-state index >= 15 is 0 Å². The average Bonchev–Trinajstić information content (AvgIpc) is 3.48. The third-order valence-corrected chi connectivity index (χ3v) is 6.53. The molecule has 0 heterocycles. The summed E-state index contributed by atoms with van der Waals surface area (Å²) in [5.41, 5.74) is 3.77. The Hall–Kier alpha value is -3.39. The highest BCUT2D eigenvalue weighted by molar-refractivity contribution is 5.87. The van der Waals surface area contributed by atoms with Crippen LogP contribution in [-0.4, -0.2) is 55.0 Å². The van der Waals surface area contributed by atoms with Gasteiger partial charge in [0.2, 0.25) is 5.91 Å². The van der Waals surface area contributed by atoms with Crippen molar-refractivity contribution in [2.45, 2.75) is 49.6 Å². The topological polar surface area (TPSA) is 114 Å².